The maximum atomic E-state index is 8.36. The zero-order valence-corrected chi connectivity index (χ0v) is 17.4. The zero-order chi connectivity index (χ0) is 20.4. The highest BCUT2D eigenvalue weighted by Crippen LogP contribution is 2.27. The van der Waals surface area contributed by atoms with Gasteiger partial charge in [0.25, 0.3) is 6.47 Å². The third-order valence-electron chi connectivity index (χ3n) is 4.91. The molecule has 9 nitrogen and oxygen atoms in total. The van der Waals surface area contributed by atoms with Crippen molar-refractivity contribution in [2.24, 2.45) is 0 Å². The van der Waals surface area contributed by atoms with Crippen molar-refractivity contribution in [1.29, 1.82) is 0 Å². The van der Waals surface area contributed by atoms with Crippen LogP contribution in [0.3, 0.4) is 0 Å². The monoisotopic (exact) mass is 408 g/mol. The van der Waals surface area contributed by atoms with E-state index in [2.05, 4.69) is 51.4 Å². The lowest BCUT2D eigenvalue weighted by Gasteiger charge is -2.45. The number of likely N-dealkylation sites (tertiary alicyclic amines) is 1. The van der Waals surface area contributed by atoms with Gasteiger partial charge in [-0.3, -0.25) is 9.78 Å². The smallest absolute Gasteiger partial charge is 0.315 e. The summed E-state index contributed by atoms with van der Waals surface area (Å²) in [6, 6.07) is 4.45. The maximum absolute atomic E-state index is 8.36. The predicted octanol–water partition coefficient (Wildman–Crippen LogP) is 1.90. The fourth-order valence-electron chi connectivity index (χ4n) is 3.02. The first-order valence-corrected chi connectivity index (χ1v) is 10.0. The number of nitrogens with one attached hydrogen (secondary N) is 1. The Balaban J connectivity index is 0.000000878. The fraction of sp³-hybridized carbons (Fsp3) is 0.556. The molecule has 0 aliphatic carbocycles. The number of piperidine rings is 1. The summed E-state index contributed by atoms with van der Waals surface area (Å²) in [7, 11) is 6.48. The van der Waals surface area contributed by atoms with Crippen LogP contribution in [0, 0.1) is 0 Å². The molecule has 2 aromatic rings. The summed E-state index contributed by atoms with van der Waals surface area (Å²) in [5.41, 5.74) is 0.132. The Hall–Kier alpha value is -2.17. The lowest BCUT2D eigenvalue weighted by atomic mass is 9.86. The van der Waals surface area contributed by atoms with Gasteiger partial charge in [0.05, 0.1) is 5.75 Å². The molecule has 3 rings (SSSR count). The van der Waals surface area contributed by atoms with E-state index in [0.717, 1.165) is 37.4 Å². The van der Waals surface area contributed by atoms with E-state index in [-0.39, 0.29) is 12.0 Å². The molecular weight excluding hydrogens is 380 g/mol. The Morgan fingerprint density at radius 2 is 1.96 bits per heavy atom. The van der Waals surface area contributed by atoms with Gasteiger partial charge < -0.3 is 24.6 Å². The number of pyridine rings is 1. The molecule has 0 radical (unpaired) electrons. The molecule has 0 saturated carbocycles. The lowest BCUT2D eigenvalue weighted by molar-refractivity contribution is -0.122. The summed E-state index contributed by atoms with van der Waals surface area (Å²) < 4.78 is 5.74. The van der Waals surface area contributed by atoms with Gasteiger partial charge in [0, 0.05) is 29.4 Å². The largest absolute Gasteiger partial charge is 0.483 e. The molecule has 1 fully saturated rings. The lowest BCUT2D eigenvalue weighted by Crippen LogP contribution is -2.55. The minimum Gasteiger partial charge on any atom is -0.483 e. The van der Waals surface area contributed by atoms with E-state index in [4.69, 9.17) is 14.3 Å². The van der Waals surface area contributed by atoms with Crippen LogP contribution < -0.4 is 5.32 Å². The van der Waals surface area contributed by atoms with Crippen molar-refractivity contribution >= 4 is 24.2 Å². The highest BCUT2D eigenvalue weighted by Gasteiger charge is 2.35. The minimum atomic E-state index is -0.250. The Morgan fingerprint density at radius 1 is 1.32 bits per heavy atom. The molecule has 3 heterocycles. The molecule has 0 bridgehead atoms. The number of aromatic nitrogens is 3. The average Bonchev–Trinajstić information content (AvgIpc) is 3.15. The van der Waals surface area contributed by atoms with Crippen molar-refractivity contribution in [3.05, 3.63) is 30.4 Å². The number of rotatable bonds is 7. The van der Waals surface area contributed by atoms with Crippen molar-refractivity contribution in [2.75, 3.05) is 46.1 Å². The van der Waals surface area contributed by atoms with Crippen LogP contribution in [0.2, 0.25) is 0 Å². The average molecular weight is 409 g/mol. The van der Waals surface area contributed by atoms with Crippen LogP contribution in [0.15, 0.2) is 33.8 Å². The molecule has 0 unspecified atom stereocenters. The van der Waals surface area contributed by atoms with Crippen LogP contribution in [-0.4, -0.2) is 82.9 Å². The number of thioether (sulfide) groups is 1. The highest BCUT2D eigenvalue weighted by atomic mass is 32.2. The van der Waals surface area contributed by atoms with E-state index in [1.54, 1.807) is 24.2 Å². The van der Waals surface area contributed by atoms with Crippen LogP contribution >= 0.6 is 11.8 Å². The van der Waals surface area contributed by atoms with E-state index in [0.29, 0.717) is 17.7 Å². The number of carbonyl (C=O) groups is 1. The normalized spacial score (nSPS) is 16.3. The third kappa shape index (κ3) is 6.47. The van der Waals surface area contributed by atoms with Gasteiger partial charge in [-0.15, -0.1) is 16.9 Å². The van der Waals surface area contributed by atoms with E-state index in [1.807, 2.05) is 12.1 Å². The topological polar surface area (TPSA) is 108 Å². The van der Waals surface area contributed by atoms with Gasteiger partial charge >= 0.3 is 6.01 Å². The molecule has 28 heavy (non-hydrogen) atoms. The van der Waals surface area contributed by atoms with Gasteiger partial charge in [-0.1, -0.05) is 5.10 Å². The minimum absolute atomic E-state index is 0.132. The van der Waals surface area contributed by atoms with Gasteiger partial charge in [0.1, 0.15) is 0 Å². The van der Waals surface area contributed by atoms with Gasteiger partial charge in [0.15, 0.2) is 0 Å². The van der Waals surface area contributed by atoms with Crippen molar-refractivity contribution in [3.63, 3.8) is 0 Å². The van der Waals surface area contributed by atoms with E-state index in [1.165, 1.54) is 0 Å². The van der Waals surface area contributed by atoms with Gasteiger partial charge in [-0.05, 0) is 59.2 Å². The molecule has 1 aliphatic heterocycles. The van der Waals surface area contributed by atoms with Crippen LogP contribution in [0.5, 0.6) is 0 Å². The Kier molecular flexibility index (Phi) is 8.68. The van der Waals surface area contributed by atoms with E-state index in [9.17, 15) is 0 Å². The number of hydrogen-bond acceptors (Lipinski definition) is 9. The van der Waals surface area contributed by atoms with E-state index >= 15 is 0 Å². The highest BCUT2D eigenvalue weighted by molar-refractivity contribution is 7.98. The first-order chi connectivity index (χ1) is 13.5. The van der Waals surface area contributed by atoms with E-state index < -0.39 is 0 Å². The molecular formula is C18H28N6O3S. The standard InChI is InChI=1S/C17H26N6OS.CH2O2/c1-22(2)17(6-10-23(3)11-7-17)13-19-16-21-20-15(24-16)12-25-14-4-8-18-9-5-14;2-1-3/h4-5,8-9H,6-7,10-13H2,1-3H3,(H,19,21);1H,(H,2,3). The Morgan fingerprint density at radius 3 is 2.57 bits per heavy atom. The van der Waals surface area contributed by atoms with Crippen molar-refractivity contribution in [2.45, 2.75) is 29.0 Å². The Bertz CT molecular complexity index is 704. The molecule has 1 saturated heterocycles. The van der Waals surface area contributed by atoms with Crippen molar-refractivity contribution in [3.8, 4) is 0 Å². The molecule has 10 heteroatoms. The van der Waals surface area contributed by atoms with Gasteiger partial charge in [0.2, 0.25) is 5.89 Å². The SMILES string of the molecule is CN1CCC(CNc2nnc(CSc3ccncc3)o2)(N(C)C)CC1.O=CO. The summed E-state index contributed by atoms with van der Waals surface area (Å²) in [4.78, 5) is 18.2. The molecule has 2 N–H and O–H groups in total. The number of carboxylic acid groups (broad SMARTS) is 1. The molecule has 0 aromatic carbocycles. The fourth-order valence-corrected chi connectivity index (χ4v) is 3.74. The molecule has 2 aromatic heterocycles. The number of likely N-dealkylation sites (N-methyl/N-ethyl adjacent to an activating group) is 1. The summed E-state index contributed by atoms with van der Waals surface area (Å²) in [5.74, 6) is 1.29. The number of nitrogens with zero attached hydrogens (tertiary/aromatic N) is 5. The van der Waals surface area contributed by atoms with Crippen molar-refractivity contribution < 1.29 is 14.3 Å². The second-order valence-electron chi connectivity index (χ2n) is 6.85. The van der Waals surface area contributed by atoms with Crippen LogP contribution in [0.4, 0.5) is 6.01 Å². The maximum Gasteiger partial charge on any atom is 0.315 e. The summed E-state index contributed by atoms with van der Waals surface area (Å²) >= 11 is 1.66. The second kappa shape index (κ2) is 11.0. The molecule has 0 spiro atoms. The number of anilines is 1. The van der Waals surface area contributed by atoms with Gasteiger partial charge in [-0.25, -0.2) is 0 Å². The molecule has 154 valence electrons. The van der Waals surface area contributed by atoms with Crippen LogP contribution in [-0.2, 0) is 10.5 Å². The Labute approximate surface area is 169 Å². The van der Waals surface area contributed by atoms with Crippen LogP contribution in [0.25, 0.3) is 0 Å². The summed E-state index contributed by atoms with van der Waals surface area (Å²) in [6.07, 6.45) is 5.82. The summed E-state index contributed by atoms with van der Waals surface area (Å²) in [6.45, 7) is 2.78. The predicted molar refractivity (Wildman–Crippen MR) is 108 cm³/mol. The zero-order valence-electron chi connectivity index (χ0n) is 16.5. The molecule has 0 atom stereocenters. The quantitative estimate of drug-likeness (QED) is 0.521. The van der Waals surface area contributed by atoms with Crippen molar-refractivity contribution in [1.82, 2.24) is 25.0 Å². The molecule has 0 amide bonds. The van der Waals surface area contributed by atoms with Crippen LogP contribution in [0.1, 0.15) is 18.7 Å². The summed E-state index contributed by atoms with van der Waals surface area (Å²) in [5, 5.41) is 18.5. The third-order valence-corrected chi connectivity index (χ3v) is 5.91. The first kappa shape index (κ1) is 22.1. The second-order valence-corrected chi connectivity index (χ2v) is 7.90. The number of hydrogen-bond donors (Lipinski definition) is 2. The van der Waals surface area contributed by atoms with Gasteiger partial charge in [-0.2, -0.15) is 0 Å². The first-order valence-electron chi connectivity index (χ1n) is 9.02. The molecule has 1 aliphatic rings.